The molecule has 2 aromatic carbocycles. The number of aryl methyl sites for hydroxylation is 1. The minimum absolute atomic E-state index is 0.133. The molecular formula is C23H23FN6O. The first-order valence-corrected chi connectivity index (χ1v) is 10.5. The fourth-order valence-corrected chi connectivity index (χ4v) is 4.32. The highest BCUT2D eigenvalue weighted by molar-refractivity contribution is 5.79. The number of hydrogen-bond donors (Lipinski definition) is 1. The summed E-state index contributed by atoms with van der Waals surface area (Å²) >= 11 is 0. The van der Waals surface area contributed by atoms with Crippen LogP contribution in [0.25, 0.3) is 10.9 Å². The molecule has 0 amide bonds. The lowest BCUT2D eigenvalue weighted by Crippen LogP contribution is -2.33. The molecule has 4 aromatic rings. The topological polar surface area (TPSA) is 79.7 Å². The van der Waals surface area contributed by atoms with Gasteiger partial charge in [-0.05, 0) is 84.1 Å². The highest BCUT2D eigenvalue weighted by atomic mass is 19.1. The molecule has 1 N–H and O–H groups in total. The van der Waals surface area contributed by atoms with Gasteiger partial charge in [-0.3, -0.25) is 9.69 Å². The summed E-state index contributed by atoms with van der Waals surface area (Å²) in [4.78, 5) is 18.4. The Morgan fingerprint density at radius 2 is 1.87 bits per heavy atom. The van der Waals surface area contributed by atoms with Crippen LogP contribution in [0.4, 0.5) is 4.39 Å². The third kappa shape index (κ3) is 3.86. The van der Waals surface area contributed by atoms with Crippen molar-refractivity contribution in [1.29, 1.82) is 0 Å². The molecule has 1 fully saturated rings. The molecule has 3 heterocycles. The van der Waals surface area contributed by atoms with E-state index in [1.54, 1.807) is 16.8 Å². The van der Waals surface area contributed by atoms with Crippen molar-refractivity contribution >= 4 is 10.9 Å². The van der Waals surface area contributed by atoms with E-state index in [1.165, 1.54) is 12.1 Å². The van der Waals surface area contributed by atoms with Gasteiger partial charge in [0, 0.05) is 11.1 Å². The standard InChI is InChI=1S/C23H23FN6O/c1-15-4-7-17-13-19(23(31)25-20(17)12-15)21(29-10-2-3-11-29)22-26-27-28-30(22)14-16-5-8-18(24)9-6-16/h4-9,12-13,21H,2-3,10-11,14H2,1H3,(H,25,31). The monoisotopic (exact) mass is 418 g/mol. The van der Waals surface area contributed by atoms with Gasteiger partial charge in [-0.25, -0.2) is 9.07 Å². The Balaban J connectivity index is 1.60. The number of pyridine rings is 1. The molecule has 8 heteroatoms. The third-order valence-corrected chi connectivity index (χ3v) is 5.88. The Morgan fingerprint density at radius 1 is 1.10 bits per heavy atom. The third-order valence-electron chi connectivity index (χ3n) is 5.88. The van der Waals surface area contributed by atoms with Crippen LogP contribution in [-0.2, 0) is 6.54 Å². The van der Waals surface area contributed by atoms with Crippen molar-refractivity contribution in [1.82, 2.24) is 30.1 Å². The number of aromatic nitrogens is 5. The van der Waals surface area contributed by atoms with E-state index in [4.69, 9.17) is 0 Å². The van der Waals surface area contributed by atoms with Gasteiger partial charge < -0.3 is 4.98 Å². The van der Waals surface area contributed by atoms with Crippen molar-refractivity contribution in [3.8, 4) is 0 Å². The molecule has 0 bridgehead atoms. The molecule has 158 valence electrons. The summed E-state index contributed by atoms with van der Waals surface area (Å²) in [7, 11) is 0. The summed E-state index contributed by atoms with van der Waals surface area (Å²) in [6.07, 6.45) is 2.14. The Morgan fingerprint density at radius 3 is 2.65 bits per heavy atom. The normalized spacial score (nSPS) is 15.5. The van der Waals surface area contributed by atoms with Gasteiger partial charge in [-0.15, -0.1) is 5.10 Å². The van der Waals surface area contributed by atoms with Crippen molar-refractivity contribution in [2.75, 3.05) is 13.1 Å². The Kier molecular flexibility index (Phi) is 5.07. The van der Waals surface area contributed by atoms with Crippen molar-refractivity contribution in [2.45, 2.75) is 32.4 Å². The minimum Gasteiger partial charge on any atom is -0.322 e. The highest BCUT2D eigenvalue weighted by Gasteiger charge is 2.32. The molecule has 2 aromatic heterocycles. The number of tetrazole rings is 1. The zero-order valence-electron chi connectivity index (χ0n) is 17.3. The van der Waals surface area contributed by atoms with Gasteiger partial charge in [0.25, 0.3) is 5.56 Å². The second-order valence-electron chi connectivity index (χ2n) is 8.11. The van der Waals surface area contributed by atoms with E-state index in [1.807, 2.05) is 31.2 Å². The first-order chi connectivity index (χ1) is 15.1. The van der Waals surface area contributed by atoms with E-state index in [0.717, 1.165) is 48.0 Å². The van der Waals surface area contributed by atoms with Gasteiger partial charge in [0.05, 0.1) is 6.54 Å². The molecule has 0 radical (unpaired) electrons. The number of H-pyrrole nitrogens is 1. The van der Waals surface area contributed by atoms with E-state index in [0.29, 0.717) is 17.9 Å². The molecule has 1 saturated heterocycles. The van der Waals surface area contributed by atoms with Crippen LogP contribution in [0.5, 0.6) is 0 Å². The Hall–Kier alpha value is -3.39. The number of likely N-dealkylation sites (tertiary alicyclic amines) is 1. The second kappa shape index (κ2) is 8.03. The van der Waals surface area contributed by atoms with Crippen LogP contribution in [0, 0.1) is 12.7 Å². The fraction of sp³-hybridized carbons (Fsp3) is 0.304. The summed E-state index contributed by atoms with van der Waals surface area (Å²) in [5, 5.41) is 13.4. The molecule has 1 aliphatic heterocycles. The van der Waals surface area contributed by atoms with Crippen LogP contribution < -0.4 is 5.56 Å². The SMILES string of the molecule is Cc1ccc2cc(C(c3nnnn3Cc3ccc(F)cc3)N3CCCC3)c(=O)[nH]c2c1. The molecule has 0 aliphatic carbocycles. The Labute approximate surface area is 178 Å². The zero-order valence-corrected chi connectivity index (χ0v) is 17.3. The van der Waals surface area contributed by atoms with E-state index < -0.39 is 0 Å². The summed E-state index contributed by atoms with van der Waals surface area (Å²) < 4.78 is 15.0. The Bertz CT molecular complexity index is 1270. The van der Waals surface area contributed by atoms with Crippen LogP contribution in [0.1, 0.15) is 41.4 Å². The van der Waals surface area contributed by atoms with Crippen LogP contribution in [0.3, 0.4) is 0 Å². The average Bonchev–Trinajstić information content (AvgIpc) is 3.44. The summed E-state index contributed by atoms with van der Waals surface area (Å²) in [6.45, 7) is 4.15. The number of nitrogens with zero attached hydrogens (tertiary/aromatic N) is 5. The number of halogens is 1. The predicted octanol–water partition coefficient (Wildman–Crippen LogP) is 3.20. The highest BCUT2D eigenvalue weighted by Crippen LogP contribution is 2.30. The lowest BCUT2D eigenvalue weighted by Gasteiger charge is -2.26. The lowest BCUT2D eigenvalue weighted by molar-refractivity contribution is 0.263. The first kappa shape index (κ1) is 19.6. The van der Waals surface area contributed by atoms with Gasteiger partial charge in [-0.1, -0.05) is 24.3 Å². The maximum atomic E-state index is 13.3. The molecule has 7 nitrogen and oxygen atoms in total. The van der Waals surface area contributed by atoms with Crippen molar-refractivity contribution in [3.63, 3.8) is 0 Å². The van der Waals surface area contributed by atoms with Gasteiger partial charge in [0.1, 0.15) is 11.9 Å². The van der Waals surface area contributed by atoms with Crippen LogP contribution >= 0.6 is 0 Å². The lowest BCUT2D eigenvalue weighted by atomic mass is 10.0. The number of aromatic amines is 1. The van der Waals surface area contributed by atoms with Crippen LogP contribution in [0.15, 0.2) is 53.3 Å². The summed E-state index contributed by atoms with van der Waals surface area (Å²) in [5.74, 6) is 0.330. The molecule has 0 saturated carbocycles. The number of benzene rings is 2. The van der Waals surface area contributed by atoms with E-state index in [2.05, 4.69) is 25.4 Å². The molecule has 31 heavy (non-hydrogen) atoms. The van der Waals surface area contributed by atoms with Crippen molar-refractivity contribution in [3.05, 3.63) is 87.2 Å². The molecule has 5 rings (SSSR count). The molecular weight excluding hydrogens is 395 g/mol. The fourth-order valence-electron chi connectivity index (χ4n) is 4.32. The number of fused-ring (bicyclic) bond motifs is 1. The smallest absolute Gasteiger partial charge is 0.253 e. The number of hydrogen-bond acceptors (Lipinski definition) is 5. The molecule has 1 atom stereocenters. The van der Waals surface area contributed by atoms with Gasteiger partial charge >= 0.3 is 0 Å². The van der Waals surface area contributed by atoms with Crippen molar-refractivity contribution in [2.24, 2.45) is 0 Å². The van der Waals surface area contributed by atoms with Gasteiger partial charge in [0.15, 0.2) is 5.82 Å². The number of rotatable bonds is 5. The molecule has 0 spiro atoms. The summed E-state index contributed by atoms with van der Waals surface area (Å²) in [5.41, 5.74) is 3.30. The first-order valence-electron chi connectivity index (χ1n) is 10.5. The van der Waals surface area contributed by atoms with E-state index >= 15 is 0 Å². The van der Waals surface area contributed by atoms with E-state index in [9.17, 15) is 9.18 Å². The quantitative estimate of drug-likeness (QED) is 0.538. The molecule has 1 aliphatic rings. The van der Waals surface area contributed by atoms with Crippen LogP contribution in [-0.4, -0.2) is 43.2 Å². The summed E-state index contributed by atoms with van der Waals surface area (Å²) in [6, 6.07) is 13.9. The maximum absolute atomic E-state index is 13.3. The van der Waals surface area contributed by atoms with E-state index in [-0.39, 0.29) is 17.4 Å². The molecule has 1 unspecified atom stereocenters. The predicted molar refractivity (Wildman–Crippen MR) is 115 cm³/mol. The van der Waals surface area contributed by atoms with Gasteiger partial charge in [-0.2, -0.15) is 0 Å². The van der Waals surface area contributed by atoms with Gasteiger partial charge in [0.2, 0.25) is 0 Å². The largest absolute Gasteiger partial charge is 0.322 e. The van der Waals surface area contributed by atoms with Crippen LogP contribution in [0.2, 0.25) is 0 Å². The number of nitrogens with one attached hydrogen (secondary N) is 1. The average molecular weight is 418 g/mol. The zero-order chi connectivity index (χ0) is 21.4. The maximum Gasteiger partial charge on any atom is 0.253 e. The minimum atomic E-state index is -0.354. The second-order valence-corrected chi connectivity index (χ2v) is 8.11. The van der Waals surface area contributed by atoms with Crippen molar-refractivity contribution < 1.29 is 4.39 Å².